The fourth-order valence-electron chi connectivity index (χ4n) is 4.44. The zero-order valence-electron chi connectivity index (χ0n) is 20.1. The van der Waals surface area contributed by atoms with E-state index in [1.165, 1.54) is 5.56 Å². The van der Waals surface area contributed by atoms with E-state index in [1.54, 1.807) is 6.07 Å². The monoisotopic (exact) mass is 494 g/mol. The fourth-order valence-corrected chi connectivity index (χ4v) is 4.89. The van der Waals surface area contributed by atoms with Gasteiger partial charge in [-0.2, -0.15) is 0 Å². The Kier molecular flexibility index (Phi) is 7.54. The minimum absolute atomic E-state index is 0.00456. The number of carbonyl (C=O) groups excluding carboxylic acids is 1. The van der Waals surface area contributed by atoms with Crippen LogP contribution in [0.3, 0.4) is 0 Å². The number of aryl methyl sites for hydroxylation is 1. The standard InChI is InChI=1S/C29H32Cl2N2O/c1-29(2,3)23-11-9-21(10-12-23)19-33(15-13-20-6-4-8-24(30)16-20)28(34)26-18-25(31)17-22-7-5-14-32-27(22)26/h4,6,8-12,16-18,32H,5,7,13-15,19H2,1-3H3. The normalized spacial score (nSPS) is 13.2. The number of halogens is 2. The lowest BCUT2D eigenvalue weighted by Gasteiger charge is -2.27. The van der Waals surface area contributed by atoms with Crippen LogP contribution in [0.4, 0.5) is 5.69 Å². The molecule has 0 unspecified atom stereocenters. The zero-order valence-corrected chi connectivity index (χ0v) is 21.6. The number of hydrogen-bond acceptors (Lipinski definition) is 2. The molecule has 1 aliphatic heterocycles. The Morgan fingerprint density at radius 2 is 1.74 bits per heavy atom. The van der Waals surface area contributed by atoms with Crippen LogP contribution in [0, 0.1) is 0 Å². The Labute approximate surface area is 213 Å². The predicted octanol–water partition coefficient (Wildman–Crippen LogP) is 7.53. The molecule has 3 nitrogen and oxygen atoms in total. The smallest absolute Gasteiger partial charge is 0.256 e. The average molecular weight is 495 g/mol. The maximum atomic E-state index is 13.9. The largest absolute Gasteiger partial charge is 0.384 e. The zero-order chi connectivity index (χ0) is 24.3. The van der Waals surface area contributed by atoms with E-state index in [0.29, 0.717) is 28.7 Å². The highest BCUT2D eigenvalue weighted by Gasteiger charge is 2.24. The number of nitrogens with zero attached hydrogens (tertiary/aromatic N) is 1. The van der Waals surface area contributed by atoms with Crippen LogP contribution in [-0.4, -0.2) is 23.9 Å². The van der Waals surface area contributed by atoms with Crippen molar-refractivity contribution in [2.24, 2.45) is 0 Å². The molecule has 3 aromatic rings. The van der Waals surface area contributed by atoms with E-state index in [0.717, 1.165) is 48.2 Å². The highest BCUT2D eigenvalue weighted by Crippen LogP contribution is 2.31. The molecule has 0 saturated heterocycles. The van der Waals surface area contributed by atoms with Crippen LogP contribution in [0.15, 0.2) is 60.7 Å². The molecule has 5 heteroatoms. The second-order valence-corrected chi connectivity index (χ2v) is 10.9. The van der Waals surface area contributed by atoms with Gasteiger partial charge in [0.2, 0.25) is 0 Å². The van der Waals surface area contributed by atoms with Gasteiger partial charge in [0, 0.05) is 29.7 Å². The SMILES string of the molecule is CC(C)(C)c1ccc(CN(CCc2cccc(Cl)c2)C(=O)c2cc(Cl)cc3c2NCCC3)cc1. The second-order valence-electron chi connectivity index (χ2n) is 10.1. The molecule has 178 valence electrons. The highest BCUT2D eigenvalue weighted by atomic mass is 35.5. The minimum atomic E-state index is -0.00456. The maximum Gasteiger partial charge on any atom is 0.256 e. The van der Waals surface area contributed by atoms with E-state index in [1.807, 2.05) is 29.2 Å². The van der Waals surface area contributed by atoms with Crippen LogP contribution in [0.25, 0.3) is 0 Å². The van der Waals surface area contributed by atoms with Gasteiger partial charge in [-0.1, -0.05) is 80.4 Å². The summed E-state index contributed by atoms with van der Waals surface area (Å²) >= 11 is 12.6. The minimum Gasteiger partial charge on any atom is -0.384 e. The van der Waals surface area contributed by atoms with Crippen molar-refractivity contribution in [1.82, 2.24) is 4.90 Å². The van der Waals surface area contributed by atoms with Crippen molar-refractivity contribution in [3.63, 3.8) is 0 Å². The molecule has 0 bridgehead atoms. The Balaban J connectivity index is 1.63. The summed E-state index contributed by atoms with van der Waals surface area (Å²) in [7, 11) is 0. The van der Waals surface area contributed by atoms with Gasteiger partial charge in [-0.25, -0.2) is 0 Å². The summed E-state index contributed by atoms with van der Waals surface area (Å²) < 4.78 is 0. The van der Waals surface area contributed by atoms with Crippen LogP contribution >= 0.6 is 23.2 Å². The molecule has 1 heterocycles. The van der Waals surface area contributed by atoms with Gasteiger partial charge in [0.1, 0.15) is 0 Å². The molecule has 0 saturated carbocycles. The van der Waals surface area contributed by atoms with E-state index < -0.39 is 0 Å². The third kappa shape index (κ3) is 5.95. The first-order valence-electron chi connectivity index (χ1n) is 11.9. The maximum absolute atomic E-state index is 13.9. The van der Waals surface area contributed by atoms with Crippen LogP contribution in [0.1, 0.15) is 59.8 Å². The summed E-state index contributed by atoms with van der Waals surface area (Å²) in [4.78, 5) is 15.8. The molecular weight excluding hydrogens is 463 g/mol. The molecule has 34 heavy (non-hydrogen) atoms. The summed E-state index contributed by atoms with van der Waals surface area (Å²) in [6.07, 6.45) is 2.70. The molecular formula is C29H32Cl2N2O. The van der Waals surface area contributed by atoms with Gasteiger partial charge >= 0.3 is 0 Å². The Morgan fingerprint density at radius 1 is 0.971 bits per heavy atom. The molecule has 0 aromatic heterocycles. The Morgan fingerprint density at radius 3 is 2.44 bits per heavy atom. The van der Waals surface area contributed by atoms with Gasteiger partial charge in [0.25, 0.3) is 5.91 Å². The lowest BCUT2D eigenvalue weighted by molar-refractivity contribution is 0.0746. The molecule has 0 atom stereocenters. The van der Waals surface area contributed by atoms with E-state index >= 15 is 0 Å². The number of nitrogens with one attached hydrogen (secondary N) is 1. The summed E-state index contributed by atoms with van der Waals surface area (Å²) in [5.41, 5.74) is 6.28. The Hall–Kier alpha value is -2.49. The topological polar surface area (TPSA) is 32.3 Å². The van der Waals surface area contributed by atoms with Crippen LogP contribution in [0.2, 0.25) is 10.0 Å². The number of carbonyl (C=O) groups is 1. The van der Waals surface area contributed by atoms with Crippen LogP contribution in [0.5, 0.6) is 0 Å². The summed E-state index contributed by atoms with van der Waals surface area (Å²) in [6.45, 7) is 8.60. The quantitative estimate of drug-likeness (QED) is 0.383. The lowest BCUT2D eigenvalue weighted by atomic mass is 9.87. The summed E-state index contributed by atoms with van der Waals surface area (Å²) in [5, 5.41) is 4.76. The van der Waals surface area contributed by atoms with E-state index in [-0.39, 0.29) is 11.3 Å². The van der Waals surface area contributed by atoms with Crippen LogP contribution < -0.4 is 5.32 Å². The first kappa shape index (κ1) is 24.6. The molecule has 1 amide bonds. The van der Waals surface area contributed by atoms with Crippen molar-refractivity contribution in [2.45, 2.75) is 52.0 Å². The molecule has 0 aliphatic carbocycles. The van der Waals surface area contributed by atoms with Crippen molar-refractivity contribution in [2.75, 3.05) is 18.4 Å². The lowest BCUT2D eigenvalue weighted by Crippen LogP contribution is -2.33. The van der Waals surface area contributed by atoms with E-state index in [2.05, 4.69) is 56.4 Å². The Bertz CT molecular complexity index is 1170. The number of anilines is 1. The van der Waals surface area contributed by atoms with Crippen molar-refractivity contribution in [3.05, 3.63) is 98.5 Å². The number of benzene rings is 3. The third-order valence-electron chi connectivity index (χ3n) is 6.38. The predicted molar refractivity (Wildman–Crippen MR) is 143 cm³/mol. The van der Waals surface area contributed by atoms with Crippen LogP contribution in [-0.2, 0) is 24.8 Å². The van der Waals surface area contributed by atoms with E-state index in [9.17, 15) is 4.79 Å². The van der Waals surface area contributed by atoms with Gasteiger partial charge < -0.3 is 10.2 Å². The molecule has 1 N–H and O–H groups in total. The number of hydrogen-bond donors (Lipinski definition) is 1. The van der Waals surface area contributed by atoms with Crippen molar-refractivity contribution in [3.8, 4) is 0 Å². The van der Waals surface area contributed by atoms with Crippen molar-refractivity contribution >= 4 is 34.8 Å². The van der Waals surface area contributed by atoms with Gasteiger partial charge in [-0.3, -0.25) is 4.79 Å². The molecule has 1 aliphatic rings. The second kappa shape index (κ2) is 10.4. The molecule has 0 spiro atoms. The van der Waals surface area contributed by atoms with Crippen molar-refractivity contribution < 1.29 is 4.79 Å². The van der Waals surface area contributed by atoms with Crippen molar-refractivity contribution in [1.29, 1.82) is 0 Å². The number of amides is 1. The van der Waals surface area contributed by atoms with Gasteiger partial charge in [-0.05, 0) is 71.2 Å². The number of fused-ring (bicyclic) bond motifs is 1. The molecule has 4 rings (SSSR count). The third-order valence-corrected chi connectivity index (χ3v) is 6.83. The van der Waals surface area contributed by atoms with E-state index in [4.69, 9.17) is 23.2 Å². The summed E-state index contributed by atoms with van der Waals surface area (Å²) in [5.74, 6) is -0.00456. The van der Waals surface area contributed by atoms with Gasteiger partial charge in [0.15, 0.2) is 0 Å². The molecule has 0 fully saturated rings. The average Bonchev–Trinajstić information content (AvgIpc) is 2.80. The first-order chi connectivity index (χ1) is 16.2. The molecule has 0 radical (unpaired) electrons. The first-order valence-corrected chi connectivity index (χ1v) is 12.7. The highest BCUT2D eigenvalue weighted by molar-refractivity contribution is 6.31. The molecule has 3 aromatic carbocycles. The van der Waals surface area contributed by atoms with Gasteiger partial charge in [-0.15, -0.1) is 0 Å². The number of rotatable bonds is 6. The van der Waals surface area contributed by atoms with Gasteiger partial charge in [0.05, 0.1) is 11.3 Å². The summed E-state index contributed by atoms with van der Waals surface area (Å²) in [6, 6.07) is 20.2. The fraction of sp³-hybridized carbons (Fsp3) is 0.345.